The Balaban J connectivity index is 3.83. The van der Waals surface area contributed by atoms with Gasteiger partial charge in [-0.3, -0.25) is 0 Å². The van der Waals surface area contributed by atoms with E-state index in [2.05, 4.69) is 21.0 Å². The summed E-state index contributed by atoms with van der Waals surface area (Å²) in [5.74, 6) is 0. The molecule has 4 N–H and O–H groups in total. The van der Waals surface area contributed by atoms with Crippen LogP contribution in [-0.2, 0) is 0 Å². The molecule has 6 heteroatoms. The van der Waals surface area contributed by atoms with Gasteiger partial charge in [0.1, 0.15) is 32.7 Å². The van der Waals surface area contributed by atoms with Crippen molar-refractivity contribution in [2.45, 2.75) is 116 Å². The Morgan fingerprint density at radius 2 is 0.829 bits per heavy atom. The zero-order valence-corrected chi connectivity index (χ0v) is 23.9. The number of aliphatic hydroxyl groups is 4. The van der Waals surface area contributed by atoms with Crippen LogP contribution in [0.5, 0.6) is 0 Å². The van der Waals surface area contributed by atoms with Gasteiger partial charge in [-0.15, -0.1) is 0 Å². The molecule has 0 aliphatic rings. The minimum Gasteiger partial charge on any atom is -0.391 e. The van der Waals surface area contributed by atoms with Gasteiger partial charge in [0.15, 0.2) is 6.10 Å². The van der Waals surface area contributed by atoms with Crippen LogP contribution in [0.4, 0.5) is 0 Å². The van der Waals surface area contributed by atoms with Crippen LogP contribution in [0.3, 0.4) is 0 Å². The van der Waals surface area contributed by atoms with Crippen LogP contribution in [0.2, 0.25) is 0 Å². The number of rotatable bonds is 27. The zero-order chi connectivity index (χ0) is 26.3. The van der Waals surface area contributed by atoms with Crippen molar-refractivity contribution >= 4 is 0 Å². The maximum absolute atomic E-state index is 10.8. The first-order valence-electron chi connectivity index (χ1n) is 15.0. The summed E-state index contributed by atoms with van der Waals surface area (Å²) in [4.78, 5) is 0. The van der Waals surface area contributed by atoms with Gasteiger partial charge in [-0.25, -0.2) is 0 Å². The van der Waals surface area contributed by atoms with E-state index >= 15 is 0 Å². The molecule has 0 heterocycles. The Kier molecular flexibility index (Phi) is 22.8. The van der Waals surface area contributed by atoms with E-state index in [1.807, 2.05) is 0 Å². The monoisotopic (exact) mass is 504 g/mol. The average Bonchev–Trinajstić information content (AvgIpc) is 2.78. The molecule has 0 aromatic heterocycles. The van der Waals surface area contributed by atoms with Crippen LogP contribution >= 0.6 is 0 Å². The smallest absolute Gasteiger partial charge is 0.152 e. The molecular formula is C29H64N2O4+2. The number of nitrogens with zero attached hydrogens (tertiary/aromatic N) is 2. The molecule has 0 saturated carbocycles. The summed E-state index contributed by atoms with van der Waals surface area (Å²) in [6.45, 7) is 5.76. The lowest BCUT2D eigenvalue weighted by atomic mass is 10.0. The second-order valence-electron chi connectivity index (χ2n) is 11.7. The Hall–Kier alpha value is -0.240. The molecule has 1 atom stereocenters. The minimum atomic E-state index is -0.518. The molecule has 0 aliphatic heterocycles. The SMILES string of the molecule is CCCCCCCCCCCCCCCCCC[N+](C)(C)CC(O)C[N+](CCO)(CCO)CCO. The molecule has 0 aromatic carbocycles. The highest BCUT2D eigenvalue weighted by Crippen LogP contribution is 2.15. The maximum atomic E-state index is 10.8. The quantitative estimate of drug-likeness (QED) is 0.0982. The van der Waals surface area contributed by atoms with Crippen LogP contribution in [0.15, 0.2) is 0 Å². The van der Waals surface area contributed by atoms with Crippen molar-refractivity contribution < 1.29 is 29.4 Å². The van der Waals surface area contributed by atoms with Crippen molar-refractivity contribution in [1.82, 2.24) is 0 Å². The molecule has 0 bridgehead atoms. The molecule has 0 aromatic rings. The first kappa shape index (κ1) is 34.8. The Bertz CT molecular complexity index is 431. The molecule has 0 spiro atoms. The molecule has 0 radical (unpaired) electrons. The van der Waals surface area contributed by atoms with Crippen LogP contribution in [0, 0.1) is 0 Å². The minimum absolute atomic E-state index is 0.00976. The first-order chi connectivity index (χ1) is 16.8. The van der Waals surface area contributed by atoms with Gasteiger partial charge in [-0.05, 0) is 12.8 Å². The van der Waals surface area contributed by atoms with Crippen molar-refractivity contribution in [3.05, 3.63) is 0 Å². The third-order valence-electron chi connectivity index (χ3n) is 7.64. The van der Waals surface area contributed by atoms with E-state index in [-0.39, 0.29) is 19.8 Å². The van der Waals surface area contributed by atoms with E-state index in [1.165, 1.54) is 103 Å². The summed E-state index contributed by atoms with van der Waals surface area (Å²) >= 11 is 0. The highest BCUT2D eigenvalue weighted by Gasteiger charge is 2.32. The van der Waals surface area contributed by atoms with Crippen molar-refractivity contribution in [3.8, 4) is 0 Å². The summed E-state index contributed by atoms with van der Waals surface area (Å²) in [5, 5.41) is 39.1. The van der Waals surface area contributed by atoms with Gasteiger partial charge in [-0.2, -0.15) is 0 Å². The van der Waals surface area contributed by atoms with Crippen LogP contribution in [0.1, 0.15) is 110 Å². The predicted octanol–water partition coefficient (Wildman–Crippen LogP) is 4.48. The first-order valence-corrected chi connectivity index (χ1v) is 15.0. The molecular weight excluding hydrogens is 440 g/mol. The molecule has 0 rings (SSSR count). The van der Waals surface area contributed by atoms with E-state index < -0.39 is 6.10 Å². The zero-order valence-electron chi connectivity index (χ0n) is 23.9. The molecule has 212 valence electrons. The normalized spacial score (nSPS) is 13.5. The number of aliphatic hydroxyl groups excluding tert-OH is 4. The third-order valence-corrected chi connectivity index (χ3v) is 7.64. The fraction of sp³-hybridized carbons (Fsp3) is 1.00. The molecule has 0 saturated heterocycles. The van der Waals surface area contributed by atoms with Crippen LogP contribution in [-0.4, -0.2) is 109 Å². The van der Waals surface area contributed by atoms with Crippen molar-refractivity contribution in [2.24, 2.45) is 0 Å². The third kappa shape index (κ3) is 20.5. The summed E-state index contributed by atoms with van der Waals surface area (Å²) < 4.78 is 1.14. The van der Waals surface area contributed by atoms with Gasteiger partial charge in [0, 0.05) is 0 Å². The summed E-state index contributed by atoms with van der Waals surface area (Å²) in [5.41, 5.74) is 0. The second-order valence-corrected chi connectivity index (χ2v) is 11.7. The van der Waals surface area contributed by atoms with Crippen molar-refractivity contribution in [2.75, 3.05) is 73.2 Å². The lowest BCUT2D eigenvalue weighted by Crippen LogP contribution is -2.59. The van der Waals surface area contributed by atoms with Crippen molar-refractivity contribution in [1.29, 1.82) is 0 Å². The topological polar surface area (TPSA) is 80.9 Å². The Morgan fingerprint density at radius 3 is 1.17 bits per heavy atom. The Labute approximate surface area is 218 Å². The van der Waals surface area contributed by atoms with Crippen LogP contribution in [0.25, 0.3) is 0 Å². The molecule has 35 heavy (non-hydrogen) atoms. The molecule has 0 aliphatic carbocycles. The number of unbranched alkanes of at least 4 members (excludes halogenated alkanes) is 15. The largest absolute Gasteiger partial charge is 0.391 e. The summed E-state index contributed by atoms with van der Waals surface area (Å²) in [6, 6.07) is 0. The summed E-state index contributed by atoms with van der Waals surface area (Å²) in [7, 11) is 4.35. The number of hydrogen-bond acceptors (Lipinski definition) is 4. The standard InChI is InChI=1S/C29H64N2O4/c1-4-5-6-7-8-9-10-11-12-13-14-15-16-17-18-19-20-30(2,3)27-29(35)28-31(21-24-32,22-25-33)23-26-34/h29,32-35H,4-28H2,1-3H3/q+2. The van der Waals surface area contributed by atoms with Gasteiger partial charge in [0.05, 0.1) is 40.5 Å². The molecule has 6 nitrogen and oxygen atoms in total. The van der Waals surface area contributed by atoms with Gasteiger partial charge in [0.2, 0.25) is 0 Å². The highest BCUT2D eigenvalue weighted by molar-refractivity contribution is 4.57. The van der Waals surface area contributed by atoms with E-state index in [0.29, 0.717) is 37.2 Å². The lowest BCUT2D eigenvalue weighted by Gasteiger charge is -2.40. The molecule has 0 fully saturated rings. The predicted molar refractivity (Wildman–Crippen MR) is 148 cm³/mol. The van der Waals surface area contributed by atoms with Crippen molar-refractivity contribution in [3.63, 3.8) is 0 Å². The lowest BCUT2D eigenvalue weighted by molar-refractivity contribution is -0.940. The molecule has 1 unspecified atom stereocenters. The van der Waals surface area contributed by atoms with Gasteiger partial charge in [-0.1, -0.05) is 96.8 Å². The highest BCUT2D eigenvalue weighted by atomic mass is 16.3. The second kappa shape index (κ2) is 22.9. The fourth-order valence-electron chi connectivity index (χ4n) is 5.50. The van der Waals surface area contributed by atoms with Crippen LogP contribution < -0.4 is 0 Å². The molecule has 0 amide bonds. The number of hydrogen-bond donors (Lipinski definition) is 4. The number of quaternary nitrogens is 2. The number of likely N-dealkylation sites (N-methyl/N-ethyl adjacent to an activating group) is 1. The summed E-state index contributed by atoms with van der Waals surface area (Å²) in [6.07, 6.45) is 21.5. The van der Waals surface area contributed by atoms with Gasteiger partial charge >= 0.3 is 0 Å². The average molecular weight is 505 g/mol. The van der Waals surface area contributed by atoms with E-state index in [4.69, 9.17) is 0 Å². The van der Waals surface area contributed by atoms with E-state index in [9.17, 15) is 20.4 Å². The Morgan fingerprint density at radius 1 is 0.486 bits per heavy atom. The fourth-order valence-corrected chi connectivity index (χ4v) is 5.50. The van der Waals surface area contributed by atoms with E-state index in [0.717, 1.165) is 11.0 Å². The maximum Gasteiger partial charge on any atom is 0.152 e. The van der Waals surface area contributed by atoms with Gasteiger partial charge < -0.3 is 29.4 Å². The van der Waals surface area contributed by atoms with E-state index in [1.54, 1.807) is 0 Å². The van der Waals surface area contributed by atoms with Gasteiger partial charge in [0.25, 0.3) is 0 Å².